The van der Waals surface area contributed by atoms with Gasteiger partial charge in [-0.05, 0) is 37.8 Å². The Balaban J connectivity index is 1.75. The third-order valence-corrected chi connectivity index (χ3v) is 3.99. The monoisotopic (exact) mass is 286 g/mol. The number of nitrogens with zero attached hydrogens (tertiary/aromatic N) is 2. The van der Waals surface area contributed by atoms with Gasteiger partial charge in [0.1, 0.15) is 0 Å². The van der Waals surface area contributed by atoms with Crippen LogP contribution in [-0.4, -0.2) is 28.1 Å². The van der Waals surface area contributed by atoms with Crippen LogP contribution in [0.5, 0.6) is 0 Å². The predicted molar refractivity (Wildman–Crippen MR) is 77.4 cm³/mol. The van der Waals surface area contributed by atoms with Gasteiger partial charge in [-0.2, -0.15) is 0 Å². The topological polar surface area (TPSA) is 94.0 Å². The van der Waals surface area contributed by atoms with Crippen molar-refractivity contribution in [1.29, 1.82) is 0 Å². The molecule has 0 saturated heterocycles. The Kier molecular flexibility index (Phi) is 3.47. The zero-order valence-corrected chi connectivity index (χ0v) is 11.9. The lowest BCUT2D eigenvalue weighted by Crippen LogP contribution is -2.53. The van der Waals surface area contributed by atoms with Crippen LogP contribution in [0.4, 0.5) is 0 Å². The number of aromatic nitrogens is 2. The number of amides is 1. The van der Waals surface area contributed by atoms with Crippen LogP contribution in [0.3, 0.4) is 0 Å². The van der Waals surface area contributed by atoms with Crippen LogP contribution in [-0.2, 0) is 0 Å². The molecule has 2 aromatic rings. The summed E-state index contributed by atoms with van der Waals surface area (Å²) in [5.74, 6) is 0.721. The van der Waals surface area contributed by atoms with Gasteiger partial charge < -0.3 is 15.6 Å². The number of nitrogens with one attached hydrogen (secondary N) is 1. The van der Waals surface area contributed by atoms with Crippen molar-refractivity contribution in [2.75, 3.05) is 6.54 Å². The van der Waals surface area contributed by atoms with E-state index in [0.29, 0.717) is 18.2 Å². The van der Waals surface area contributed by atoms with Crippen LogP contribution in [0.25, 0.3) is 11.3 Å². The Morgan fingerprint density at radius 2 is 2.38 bits per heavy atom. The first-order valence-corrected chi connectivity index (χ1v) is 7.02. The minimum atomic E-state index is -0.371. The minimum Gasteiger partial charge on any atom is -0.355 e. The van der Waals surface area contributed by atoms with Gasteiger partial charge >= 0.3 is 0 Å². The maximum Gasteiger partial charge on any atom is 0.273 e. The summed E-state index contributed by atoms with van der Waals surface area (Å²) in [6.07, 6.45) is 5.55. The molecule has 1 aliphatic carbocycles. The zero-order valence-electron chi connectivity index (χ0n) is 11.9. The van der Waals surface area contributed by atoms with Crippen molar-refractivity contribution in [1.82, 2.24) is 15.5 Å². The SMILES string of the molecule is CC(CN)(NC(=O)c1cc(-c2cccnc2)on1)C1CC1. The fourth-order valence-corrected chi connectivity index (χ4v) is 2.39. The largest absolute Gasteiger partial charge is 0.355 e. The highest BCUT2D eigenvalue weighted by Crippen LogP contribution is 2.39. The van der Waals surface area contributed by atoms with Gasteiger partial charge in [0.15, 0.2) is 11.5 Å². The number of hydrogen-bond acceptors (Lipinski definition) is 5. The Hall–Kier alpha value is -2.21. The number of carbonyl (C=O) groups excluding carboxylic acids is 1. The molecule has 21 heavy (non-hydrogen) atoms. The van der Waals surface area contributed by atoms with Crippen LogP contribution in [0.1, 0.15) is 30.3 Å². The average Bonchev–Trinajstić information content (AvgIpc) is 3.26. The van der Waals surface area contributed by atoms with E-state index in [2.05, 4.69) is 15.5 Å². The summed E-state index contributed by atoms with van der Waals surface area (Å²) in [5, 5.41) is 6.82. The molecular formula is C15H18N4O2. The Morgan fingerprint density at radius 3 is 3.00 bits per heavy atom. The second-order valence-corrected chi connectivity index (χ2v) is 5.67. The number of nitrogens with two attached hydrogens (primary N) is 1. The normalized spacial score (nSPS) is 17.2. The van der Waals surface area contributed by atoms with Crippen LogP contribution < -0.4 is 11.1 Å². The number of hydrogen-bond donors (Lipinski definition) is 2. The van der Waals surface area contributed by atoms with Crippen molar-refractivity contribution in [2.45, 2.75) is 25.3 Å². The summed E-state index contributed by atoms with van der Waals surface area (Å²) in [5.41, 5.74) is 6.48. The lowest BCUT2D eigenvalue weighted by atomic mass is 9.96. The molecule has 6 nitrogen and oxygen atoms in total. The van der Waals surface area contributed by atoms with Crippen molar-refractivity contribution in [3.05, 3.63) is 36.3 Å². The molecule has 0 radical (unpaired) electrons. The number of pyridine rings is 1. The highest BCUT2D eigenvalue weighted by atomic mass is 16.5. The van der Waals surface area contributed by atoms with E-state index in [4.69, 9.17) is 10.3 Å². The molecule has 3 rings (SSSR count). The number of carbonyl (C=O) groups is 1. The van der Waals surface area contributed by atoms with Crippen LogP contribution >= 0.6 is 0 Å². The Morgan fingerprint density at radius 1 is 1.57 bits per heavy atom. The summed E-state index contributed by atoms with van der Waals surface area (Å²) in [6, 6.07) is 5.27. The summed E-state index contributed by atoms with van der Waals surface area (Å²) >= 11 is 0. The van der Waals surface area contributed by atoms with Crippen molar-refractivity contribution < 1.29 is 9.32 Å². The van der Waals surface area contributed by atoms with Gasteiger partial charge in [-0.3, -0.25) is 9.78 Å². The van der Waals surface area contributed by atoms with E-state index < -0.39 is 0 Å². The van der Waals surface area contributed by atoms with Gasteiger partial charge in [0, 0.05) is 30.6 Å². The van der Waals surface area contributed by atoms with E-state index in [1.165, 1.54) is 0 Å². The molecule has 3 N–H and O–H groups in total. The van der Waals surface area contributed by atoms with Crippen molar-refractivity contribution >= 4 is 5.91 Å². The highest BCUT2D eigenvalue weighted by molar-refractivity contribution is 5.93. The van der Waals surface area contributed by atoms with E-state index in [1.807, 2.05) is 13.0 Å². The van der Waals surface area contributed by atoms with E-state index >= 15 is 0 Å². The molecule has 1 amide bonds. The lowest BCUT2D eigenvalue weighted by molar-refractivity contribution is 0.0888. The smallest absolute Gasteiger partial charge is 0.273 e. The van der Waals surface area contributed by atoms with E-state index in [-0.39, 0.29) is 17.1 Å². The molecule has 0 aromatic carbocycles. The molecule has 2 heterocycles. The van der Waals surface area contributed by atoms with Crippen LogP contribution in [0.15, 0.2) is 35.1 Å². The molecule has 2 aromatic heterocycles. The third-order valence-electron chi connectivity index (χ3n) is 3.99. The van der Waals surface area contributed by atoms with Gasteiger partial charge in [0.05, 0.1) is 5.54 Å². The molecule has 110 valence electrons. The zero-order chi connectivity index (χ0) is 14.9. The van der Waals surface area contributed by atoms with Gasteiger partial charge in [0.2, 0.25) is 0 Å². The first kappa shape index (κ1) is 13.8. The maximum atomic E-state index is 12.3. The van der Waals surface area contributed by atoms with E-state index in [0.717, 1.165) is 18.4 Å². The van der Waals surface area contributed by atoms with Crippen molar-refractivity contribution in [3.63, 3.8) is 0 Å². The summed E-state index contributed by atoms with van der Waals surface area (Å²) in [4.78, 5) is 16.3. The first-order chi connectivity index (χ1) is 10.1. The fraction of sp³-hybridized carbons (Fsp3) is 0.400. The lowest BCUT2D eigenvalue weighted by Gasteiger charge is -2.28. The van der Waals surface area contributed by atoms with E-state index in [9.17, 15) is 4.79 Å². The van der Waals surface area contributed by atoms with Gasteiger partial charge in [0.25, 0.3) is 5.91 Å². The maximum absolute atomic E-state index is 12.3. The summed E-state index contributed by atoms with van der Waals surface area (Å²) in [6.45, 7) is 2.39. The highest BCUT2D eigenvalue weighted by Gasteiger charge is 2.42. The van der Waals surface area contributed by atoms with Crippen LogP contribution in [0.2, 0.25) is 0 Å². The average molecular weight is 286 g/mol. The molecular weight excluding hydrogens is 268 g/mol. The second kappa shape index (κ2) is 5.29. The molecule has 0 spiro atoms. The van der Waals surface area contributed by atoms with E-state index in [1.54, 1.807) is 24.5 Å². The fourth-order valence-electron chi connectivity index (χ4n) is 2.39. The van der Waals surface area contributed by atoms with Crippen molar-refractivity contribution in [3.8, 4) is 11.3 Å². The standard InChI is InChI=1S/C15H18N4O2/c1-15(9-16,11-4-5-11)18-14(20)12-7-13(21-19-12)10-3-2-6-17-8-10/h2-3,6-8,11H,4-5,9,16H2,1H3,(H,18,20). The summed E-state index contributed by atoms with van der Waals surface area (Å²) in [7, 11) is 0. The van der Waals surface area contributed by atoms with Gasteiger partial charge in [-0.15, -0.1) is 0 Å². The summed E-state index contributed by atoms with van der Waals surface area (Å²) < 4.78 is 5.21. The second-order valence-electron chi connectivity index (χ2n) is 5.67. The molecule has 0 bridgehead atoms. The molecule has 6 heteroatoms. The quantitative estimate of drug-likeness (QED) is 0.870. The Labute approximate surface area is 122 Å². The van der Waals surface area contributed by atoms with Gasteiger partial charge in [-0.1, -0.05) is 5.16 Å². The predicted octanol–water partition coefficient (Wildman–Crippen LogP) is 1.59. The molecule has 1 unspecified atom stereocenters. The van der Waals surface area contributed by atoms with Gasteiger partial charge in [-0.25, -0.2) is 0 Å². The molecule has 1 atom stereocenters. The molecule has 1 saturated carbocycles. The van der Waals surface area contributed by atoms with Crippen LogP contribution in [0, 0.1) is 5.92 Å². The Bertz CT molecular complexity index is 636. The third kappa shape index (κ3) is 2.80. The van der Waals surface area contributed by atoms with Crippen molar-refractivity contribution in [2.24, 2.45) is 11.7 Å². The molecule has 0 aliphatic heterocycles. The first-order valence-electron chi connectivity index (χ1n) is 7.02. The molecule has 1 aliphatic rings. The minimum absolute atomic E-state index is 0.256. The molecule has 1 fully saturated rings. The number of rotatable bonds is 5.